The first-order chi connectivity index (χ1) is 11.6. The SMILES string of the molecule is CCOc1ccc(SCC(=O)N2CCCCC2CCC(=O)O)cc1. The lowest BCUT2D eigenvalue weighted by atomic mass is 9.98. The Morgan fingerprint density at radius 2 is 2.04 bits per heavy atom. The van der Waals surface area contributed by atoms with Gasteiger partial charge in [-0.15, -0.1) is 11.8 Å². The number of amides is 1. The normalized spacial score (nSPS) is 17.5. The molecule has 5 nitrogen and oxygen atoms in total. The number of ether oxygens (including phenoxy) is 1. The molecule has 1 fully saturated rings. The van der Waals surface area contributed by atoms with Gasteiger partial charge in [-0.2, -0.15) is 0 Å². The number of nitrogens with zero attached hydrogens (tertiary/aromatic N) is 1. The van der Waals surface area contributed by atoms with E-state index in [1.807, 2.05) is 36.1 Å². The van der Waals surface area contributed by atoms with E-state index in [9.17, 15) is 9.59 Å². The summed E-state index contributed by atoms with van der Waals surface area (Å²) in [5.74, 6) is 0.524. The number of thioether (sulfide) groups is 1. The second-order valence-electron chi connectivity index (χ2n) is 5.86. The van der Waals surface area contributed by atoms with Crippen LogP contribution in [0.1, 0.15) is 39.0 Å². The molecule has 1 aromatic rings. The summed E-state index contributed by atoms with van der Waals surface area (Å²) >= 11 is 1.51. The highest BCUT2D eigenvalue weighted by molar-refractivity contribution is 8.00. The number of carboxylic acids is 1. The first-order valence-electron chi connectivity index (χ1n) is 8.47. The van der Waals surface area contributed by atoms with Gasteiger partial charge in [0.2, 0.25) is 5.91 Å². The molecule has 132 valence electrons. The van der Waals surface area contributed by atoms with E-state index in [2.05, 4.69) is 0 Å². The van der Waals surface area contributed by atoms with Gasteiger partial charge < -0.3 is 14.7 Å². The van der Waals surface area contributed by atoms with Gasteiger partial charge >= 0.3 is 5.97 Å². The number of benzene rings is 1. The summed E-state index contributed by atoms with van der Waals surface area (Å²) < 4.78 is 5.41. The van der Waals surface area contributed by atoms with Gasteiger partial charge in [-0.3, -0.25) is 9.59 Å². The van der Waals surface area contributed by atoms with E-state index in [-0.39, 0.29) is 18.4 Å². The molecule has 24 heavy (non-hydrogen) atoms. The Bertz CT molecular complexity index is 546. The van der Waals surface area contributed by atoms with Crippen LogP contribution in [0.4, 0.5) is 0 Å². The predicted octanol–water partition coefficient (Wildman–Crippen LogP) is 3.42. The summed E-state index contributed by atoms with van der Waals surface area (Å²) in [4.78, 5) is 26.2. The van der Waals surface area contributed by atoms with E-state index in [0.29, 0.717) is 18.8 Å². The first-order valence-corrected chi connectivity index (χ1v) is 9.45. The van der Waals surface area contributed by atoms with Crippen LogP contribution in [0.15, 0.2) is 29.2 Å². The molecule has 1 aliphatic heterocycles. The van der Waals surface area contributed by atoms with Crippen LogP contribution in [0.3, 0.4) is 0 Å². The standard InChI is InChI=1S/C18H25NO4S/c1-2-23-15-7-9-16(10-8-15)24-13-17(20)19-12-4-3-5-14(19)6-11-18(21)22/h7-10,14H,2-6,11-13H2,1H3,(H,21,22). The number of piperidine rings is 1. The molecule has 1 aromatic carbocycles. The predicted molar refractivity (Wildman–Crippen MR) is 94.6 cm³/mol. The molecule has 1 saturated heterocycles. The Labute approximate surface area is 147 Å². The molecule has 0 bridgehead atoms. The second-order valence-corrected chi connectivity index (χ2v) is 6.91. The van der Waals surface area contributed by atoms with Crippen molar-refractivity contribution < 1.29 is 19.4 Å². The average molecular weight is 351 g/mol. The Kier molecular flexibility index (Phi) is 7.43. The highest BCUT2D eigenvalue weighted by atomic mass is 32.2. The molecule has 1 aliphatic rings. The molecule has 0 aromatic heterocycles. The van der Waals surface area contributed by atoms with Crippen molar-refractivity contribution in [2.75, 3.05) is 18.9 Å². The lowest BCUT2D eigenvalue weighted by molar-refractivity contribution is -0.139. The quantitative estimate of drug-likeness (QED) is 0.727. The van der Waals surface area contributed by atoms with Crippen LogP contribution in [0.5, 0.6) is 5.75 Å². The second kappa shape index (κ2) is 9.57. The Balaban J connectivity index is 1.86. The molecular formula is C18H25NO4S. The first kappa shape index (κ1) is 18.6. The third-order valence-corrected chi connectivity index (χ3v) is 5.13. The zero-order valence-electron chi connectivity index (χ0n) is 14.1. The van der Waals surface area contributed by atoms with Crippen molar-refractivity contribution in [2.24, 2.45) is 0 Å². The topological polar surface area (TPSA) is 66.8 Å². The van der Waals surface area contributed by atoms with E-state index in [0.717, 1.165) is 36.5 Å². The number of carbonyl (C=O) groups excluding carboxylic acids is 1. The fraction of sp³-hybridized carbons (Fsp3) is 0.556. The maximum absolute atomic E-state index is 12.5. The smallest absolute Gasteiger partial charge is 0.303 e. The zero-order chi connectivity index (χ0) is 17.4. The minimum atomic E-state index is -0.795. The molecule has 0 radical (unpaired) electrons. The number of carboxylic acid groups (broad SMARTS) is 1. The summed E-state index contributed by atoms with van der Waals surface area (Å²) in [6.45, 7) is 3.32. The van der Waals surface area contributed by atoms with Crippen molar-refractivity contribution in [1.29, 1.82) is 0 Å². The maximum Gasteiger partial charge on any atom is 0.303 e. The van der Waals surface area contributed by atoms with E-state index in [4.69, 9.17) is 9.84 Å². The summed E-state index contributed by atoms with van der Waals surface area (Å²) in [6, 6.07) is 7.81. The van der Waals surface area contributed by atoms with Crippen LogP contribution in [-0.2, 0) is 9.59 Å². The third-order valence-electron chi connectivity index (χ3n) is 4.14. The van der Waals surface area contributed by atoms with Crippen molar-refractivity contribution in [2.45, 2.75) is 50.0 Å². The molecular weight excluding hydrogens is 326 g/mol. The van der Waals surface area contributed by atoms with Crippen molar-refractivity contribution >= 4 is 23.6 Å². The van der Waals surface area contributed by atoms with Crippen LogP contribution in [0.2, 0.25) is 0 Å². The Hall–Kier alpha value is -1.69. The van der Waals surface area contributed by atoms with Gasteiger partial charge in [0.25, 0.3) is 0 Å². The van der Waals surface area contributed by atoms with Gasteiger partial charge in [0.1, 0.15) is 5.75 Å². The fourth-order valence-corrected chi connectivity index (χ4v) is 3.73. The molecule has 0 saturated carbocycles. The molecule has 0 spiro atoms. The van der Waals surface area contributed by atoms with E-state index >= 15 is 0 Å². The summed E-state index contributed by atoms with van der Waals surface area (Å²) in [5, 5.41) is 8.86. The summed E-state index contributed by atoms with van der Waals surface area (Å²) in [5.41, 5.74) is 0. The fourth-order valence-electron chi connectivity index (χ4n) is 2.95. The van der Waals surface area contributed by atoms with Gasteiger partial charge in [-0.1, -0.05) is 0 Å². The van der Waals surface area contributed by atoms with Crippen LogP contribution < -0.4 is 4.74 Å². The van der Waals surface area contributed by atoms with Gasteiger partial charge in [0.15, 0.2) is 0 Å². The van der Waals surface area contributed by atoms with Gasteiger partial charge in [-0.25, -0.2) is 0 Å². The molecule has 6 heteroatoms. The highest BCUT2D eigenvalue weighted by Gasteiger charge is 2.26. The Morgan fingerprint density at radius 3 is 2.71 bits per heavy atom. The highest BCUT2D eigenvalue weighted by Crippen LogP contribution is 2.25. The third kappa shape index (κ3) is 5.74. The van der Waals surface area contributed by atoms with Crippen LogP contribution in [-0.4, -0.2) is 46.8 Å². The minimum Gasteiger partial charge on any atom is -0.494 e. The lowest BCUT2D eigenvalue weighted by Gasteiger charge is -2.35. The number of likely N-dealkylation sites (tertiary alicyclic amines) is 1. The summed E-state index contributed by atoms with van der Waals surface area (Å²) in [7, 11) is 0. The number of hydrogen-bond acceptors (Lipinski definition) is 4. The van der Waals surface area contributed by atoms with Crippen LogP contribution in [0.25, 0.3) is 0 Å². The zero-order valence-corrected chi connectivity index (χ0v) is 14.9. The van der Waals surface area contributed by atoms with E-state index in [1.54, 1.807) is 0 Å². The number of hydrogen-bond donors (Lipinski definition) is 1. The molecule has 1 amide bonds. The molecule has 2 rings (SSSR count). The van der Waals surface area contributed by atoms with Crippen LogP contribution in [0, 0.1) is 0 Å². The maximum atomic E-state index is 12.5. The molecule has 1 heterocycles. The van der Waals surface area contributed by atoms with Crippen molar-refractivity contribution in [3.8, 4) is 5.75 Å². The van der Waals surface area contributed by atoms with Crippen molar-refractivity contribution in [1.82, 2.24) is 4.90 Å². The number of carbonyl (C=O) groups is 2. The molecule has 0 aliphatic carbocycles. The number of aliphatic carboxylic acids is 1. The van der Waals surface area contributed by atoms with Crippen molar-refractivity contribution in [3.63, 3.8) is 0 Å². The van der Waals surface area contributed by atoms with E-state index < -0.39 is 5.97 Å². The molecule has 1 atom stereocenters. The van der Waals surface area contributed by atoms with Gasteiger partial charge in [0.05, 0.1) is 12.4 Å². The largest absolute Gasteiger partial charge is 0.494 e. The average Bonchev–Trinajstić information content (AvgIpc) is 2.59. The van der Waals surface area contributed by atoms with Crippen LogP contribution >= 0.6 is 11.8 Å². The molecule has 1 N–H and O–H groups in total. The Morgan fingerprint density at radius 1 is 1.29 bits per heavy atom. The minimum absolute atomic E-state index is 0.0725. The monoisotopic (exact) mass is 351 g/mol. The van der Waals surface area contributed by atoms with Gasteiger partial charge in [-0.05, 0) is 56.9 Å². The van der Waals surface area contributed by atoms with E-state index in [1.165, 1.54) is 11.8 Å². The molecule has 1 unspecified atom stereocenters. The summed E-state index contributed by atoms with van der Waals surface area (Å²) in [6.07, 6.45) is 3.66. The number of rotatable bonds is 8. The van der Waals surface area contributed by atoms with Gasteiger partial charge in [0, 0.05) is 23.9 Å². The lowest BCUT2D eigenvalue weighted by Crippen LogP contribution is -2.44. The van der Waals surface area contributed by atoms with Crippen molar-refractivity contribution in [3.05, 3.63) is 24.3 Å².